The van der Waals surface area contributed by atoms with Crippen molar-refractivity contribution in [2.24, 2.45) is 0 Å². The molecule has 0 aliphatic carbocycles. The van der Waals surface area contributed by atoms with Gasteiger partial charge in [0.1, 0.15) is 12.4 Å². The number of para-hydroxylation sites is 3. The number of nitrogens with one attached hydrogen (secondary N) is 1. The summed E-state index contributed by atoms with van der Waals surface area (Å²) in [6, 6.07) is 21.4. The van der Waals surface area contributed by atoms with E-state index in [0.717, 1.165) is 17.8 Å². The maximum atomic E-state index is 13.2. The largest absolute Gasteiger partial charge is 0.473 e. The fraction of sp³-hybridized carbons (Fsp3) is 0.130. The van der Waals surface area contributed by atoms with Gasteiger partial charge in [0.2, 0.25) is 5.82 Å². The molecule has 7 nitrogen and oxygen atoms in total. The Bertz CT molecular complexity index is 1320. The van der Waals surface area contributed by atoms with Gasteiger partial charge in [-0.15, -0.1) is 0 Å². The van der Waals surface area contributed by atoms with Gasteiger partial charge in [0.15, 0.2) is 0 Å². The van der Waals surface area contributed by atoms with E-state index >= 15 is 0 Å². The minimum Gasteiger partial charge on any atom is -0.473 e. The van der Waals surface area contributed by atoms with Crippen molar-refractivity contribution in [3.05, 3.63) is 84.7 Å². The number of nitrogens with zero attached hydrogens (tertiary/aromatic N) is 3. The third kappa shape index (κ3) is 4.94. The molecule has 0 unspecified atom stereocenters. The molecule has 164 valence electrons. The van der Waals surface area contributed by atoms with Crippen molar-refractivity contribution in [3.8, 4) is 5.88 Å². The summed E-state index contributed by atoms with van der Waals surface area (Å²) in [5.74, 6) is -0.493. The zero-order valence-corrected chi connectivity index (χ0v) is 18.1. The van der Waals surface area contributed by atoms with E-state index in [9.17, 15) is 12.8 Å². The lowest BCUT2D eigenvalue weighted by atomic mass is 10.3. The van der Waals surface area contributed by atoms with E-state index < -0.39 is 15.8 Å². The van der Waals surface area contributed by atoms with Crippen molar-refractivity contribution >= 4 is 32.6 Å². The Hall–Kier alpha value is -3.72. The lowest BCUT2D eigenvalue weighted by Crippen LogP contribution is -2.24. The highest BCUT2D eigenvalue weighted by molar-refractivity contribution is 7.92. The second-order valence-corrected chi connectivity index (χ2v) is 8.71. The molecule has 0 atom stereocenters. The van der Waals surface area contributed by atoms with Crippen LogP contribution in [0.2, 0.25) is 0 Å². The summed E-state index contributed by atoms with van der Waals surface area (Å²) in [6.07, 6.45) is 0. The molecule has 1 aromatic heterocycles. The Balaban J connectivity index is 1.58. The topological polar surface area (TPSA) is 84.4 Å². The van der Waals surface area contributed by atoms with Crippen molar-refractivity contribution in [3.63, 3.8) is 0 Å². The molecule has 0 aliphatic rings. The van der Waals surface area contributed by atoms with Gasteiger partial charge in [0.25, 0.3) is 15.9 Å². The van der Waals surface area contributed by atoms with Gasteiger partial charge in [0, 0.05) is 12.7 Å². The molecule has 32 heavy (non-hydrogen) atoms. The minimum atomic E-state index is -4.02. The van der Waals surface area contributed by atoms with Gasteiger partial charge in [-0.05, 0) is 48.5 Å². The van der Waals surface area contributed by atoms with E-state index in [0.29, 0.717) is 17.6 Å². The molecule has 0 aliphatic heterocycles. The van der Waals surface area contributed by atoms with E-state index in [1.807, 2.05) is 48.3 Å². The van der Waals surface area contributed by atoms with E-state index in [1.165, 1.54) is 12.1 Å². The van der Waals surface area contributed by atoms with Gasteiger partial charge >= 0.3 is 0 Å². The number of benzene rings is 3. The number of ether oxygens (including phenoxy) is 1. The third-order valence-electron chi connectivity index (χ3n) is 4.76. The van der Waals surface area contributed by atoms with Crippen LogP contribution in [0.25, 0.3) is 11.0 Å². The van der Waals surface area contributed by atoms with Gasteiger partial charge < -0.3 is 9.64 Å². The monoisotopic (exact) mass is 452 g/mol. The summed E-state index contributed by atoms with van der Waals surface area (Å²) in [5.41, 5.74) is 2.11. The van der Waals surface area contributed by atoms with Crippen molar-refractivity contribution in [1.29, 1.82) is 0 Å². The number of rotatable bonds is 8. The molecule has 1 heterocycles. The van der Waals surface area contributed by atoms with Crippen LogP contribution in [0.1, 0.15) is 0 Å². The summed E-state index contributed by atoms with van der Waals surface area (Å²) < 4.78 is 47.1. The van der Waals surface area contributed by atoms with Crippen LogP contribution in [0.5, 0.6) is 5.88 Å². The summed E-state index contributed by atoms with van der Waals surface area (Å²) in [7, 11) is -2.08. The van der Waals surface area contributed by atoms with Crippen LogP contribution in [0.15, 0.2) is 83.8 Å². The molecule has 0 radical (unpaired) electrons. The molecule has 0 saturated heterocycles. The number of halogens is 1. The average molecular weight is 453 g/mol. The number of fused-ring (bicyclic) bond motifs is 1. The molecular weight excluding hydrogens is 431 g/mol. The van der Waals surface area contributed by atoms with Crippen LogP contribution >= 0.6 is 0 Å². The van der Waals surface area contributed by atoms with Crippen LogP contribution in [-0.2, 0) is 10.0 Å². The van der Waals surface area contributed by atoms with Crippen LogP contribution in [0, 0.1) is 5.82 Å². The van der Waals surface area contributed by atoms with Crippen molar-refractivity contribution in [2.75, 3.05) is 29.8 Å². The number of anilines is 2. The molecule has 0 saturated carbocycles. The fourth-order valence-corrected chi connectivity index (χ4v) is 4.04. The fourth-order valence-electron chi connectivity index (χ4n) is 3.04. The molecule has 0 fully saturated rings. The molecule has 4 aromatic rings. The number of hydrogen-bond donors (Lipinski definition) is 1. The van der Waals surface area contributed by atoms with Gasteiger partial charge in [-0.1, -0.05) is 30.3 Å². The molecule has 1 N–H and O–H groups in total. The van der Waals surface area contributed by atoms with Crippen molar-refractivity contribution in [1.82, 2.24) is 9.97 Å². The predicted octanol–water partition coefficient (Wildman–Crippen LogP) is 4.08. The van der Waals surface area contributed by atoms with E-state index in [-0.39, 0.29) is 23.2 Å². The van der Waals surface area contributed by atoms with E-state index in [2.05, 4.69) is 14.7 Å². The first-order chi connectivity index (χ1) is 15.4. The highest BCUT2D eigenvalue weighted by atomic mass is 32.2. The molecule has 3 aromatic carbocycles. The maximum absolute atomic E-state index is 13.2. The maximum Gasteiger partial charge on any atom is 0.263 e. The second kappa shape index (κ2) is 9.19. The molecular formula is C23H21FN4O3S. The molecule has 9 heteroatoms. The summed E-state index contributed by atoms with van der Waals surface area (Å²) in [5, 5.41) is 0. The summed E-state index contributed by atoms with van der Waals surface area (Å²) in [4.78, 5) is 10.8. The first-order valence-corrected chi connectivity index (χ1v) is 11.3. The summed E-state index contributed by atoms with van der Waals surface area (Å²) >= 11 is 0. The average Bonchev–Trinajstić information content (AvgIpc) is 2.80. The number of hydrogen-bond acceptors (Lipinski definition) is 6. The first kappa shape index (κ1) is 21.5. The standard InChI is InChI=1S/C23H21FN4O3S/c1-28(18-7-3-2-4-8-18)15-16-31-23-22(25-20-9-5-6-10-21(20)26-23)27-32(29,30)19-13-11-17(24)12-14-19/h2-14H,15-16H2,1H3,(H,25,27). The lowest BCUT2D eigenvalue weighted by molar-refractivity contribution is 0.315. The Kier molecular flexibility index (Phi) is 6.18. The van der Waals surface area contributed by atoms with Crippen LogP contribution in [-0.4, -0.2) is 38.6 Å². The summed E-state index contributed by atoms with van der Waals surface area (Å²) in [6.45, 7) is 0.798. The van der Waals surface area contributed by atoms with Gasteiger partial charge in [-0.2, -0.15) is 0 Å². The first-order valence-electron chi connectivity index (χ1n) is 9.86. The molecule has 0 spiro atoms. The van der Waals surface area contributed by atoms with Crippen molar-refractivity contribution < 1.29 is 17.5 Å². The van der Waals surface area contributed by atoms with E-state index in [1.54, 1.807) is 18.2 Å². The van der Waals surface area contributed by atoms with Gasteiger partial charge in [0.05, 0.1) is 22.5 Å². The Morgan fingerprint density at radius 3 is 2.22 bits per heavy atom. The SMILES string of the molecule is CN(CCOc1nc2ccccc2nc1NS(=O)(=O)c1ccc(F)cc1)c1ccccc1. The molecule has 0 amide bonds. The van der Waals surface area contributed by atoms with Crippen LogP contribution in [0.3, 0.4) is 0 Å². The Morgan fingerprint density at radius 1 is 0.906 bits per heavy atom. The second-order valence-electron chi connectivity index (χ2n) is 7.03. The van der Waals surface area contributed by atoms with Gasteiger partial charge in [-0.3, -0.25) is 4.72 Å². The number of sulfonamides is 1. The predicted molar refractivity (Wildman–Crippen MR) is 122 cm³/mol. The quantitative estimate of drug-likeness (QED) is 0.434. The Morgan fingerprint density at radius 2 is 1.53 bits per heavy atom. The lowest BCUT2D eigenvalue weighted by Gasteiger charge is -2.19. The Labute approximate surface area is 185 Å². The highest BCUT2D eigenvalue weighted by Crippen LogP contribution is 2.26. The minimum absolute atomic E-state index is 0.0320. The van der Waals surface area contributed by atoms with E-state index in [4.69, 9.17) is 4.74 Å². The zero-order valence-electron chi connectivity index (χ0n) is 17.3. The number of likely N-dealkylation sites (N-methyl/N-ethyl adjacent to an activating group) is 1. The normalized spacial score (nSPS) is 11.3. The van der Waals surface area contributed by atoms with Crippen LogP contribution < -0.4 is 14.4 Å². The van der Waals surface area contributed by atoms with Gasteiger partial charge in [-0.25, -0.2) is 22.8 Å². The smallest absolute Gasteiger partial charge is 0.263 e. The zero-order chi connectivity index (χ0) is 22.6. The van der Waals surface area contributed by atoms with Crippen molar-refractivity contribution in [2.45, 2.75) is 4.90 Å². The number of aromatic nitrogens is 2. The highest BCUT2D eigenvalue weighted by Gasteiger charge is 2.20. The molecule has 4 rings (SSSR count). The van der Waals surface area contributed by atoms with Crippen LogP contribution in [0.4, 0.5) is 15.9 Å². The third-order valence-corrected chi connectivity index (χ3v) is 6.11. The molecule has 0 bridgehead atoms.